The fourth-order valence-corrected chi connectivity index (χ4v) is 5.13. The van der Waals surface area contributed by atoms with Crippen LogP contribution < -0.4 is 5.32 Å². The minimum atomic E-state index is -1.22. The van der Waals surface area contributed by atoms with Crippen LogP contribution in [0.2, 0.25) is 0 Å². The van der Waals surface area contributed by atoms with Gasteiger partial charge in [-0.05, 0) is 68.4 Å². The summed E-state index contributed by atoms with van der Waals surface area (Å²) >= 11 is 4.66. The van der Waals surface area contributed by atoms with Gasteiger partial charge in [0.2, 0.25) is 0 Å². The maximum Gasteiger partial charge on any atom is 0.251 e. The molecule has 0 aliphatic heterocycles. The summed E-state index contributed by atoms with van der Waals surface area (Å²) in [6.45, 7) is 0.120. The van der Waals surface area contributed by atoms with Crippen molar-refractivity contribution in [3.05, 3.63) is 91.4 Å². The lowest BCUT2D eigenvalue weighted by molar-refractivity contribution is 0.0721. The molecule has 136 valence electrons. The molecule has 0 fully saturated rings. The van der Waals surface area contributed by atoms with Crippen molar-refractivity contribution < 1.29 is 9.90 Å². The van der Waals surface area contributed by atoms with Crippen molar-refractivity contribution in [3.63, 3.8) is 0 Å². The molecular weight excluding hydrogens is 394 g/mol. The van der Waals surface area contributed by atoms with Crippen LogP contribution in [0.15, 0.2) is 75.4 Å². The molecule has 4 aromatic rings. The predicted octanol–water partition coefficient (Wildman–Crippen LogP) is 5.20. The number of thiophene rings is 3. The molecule has 1 atom stereocenters. The molecule has 2 N–H and O–H groups in total. The standard InChI is InChI=1S/C21H17NO2S3/c23-20(16-5-3-15(4-6-16)17-7-10-25-12-17)22-14-21(24,18-8-11-26-13-18)19-2-1-9-27-19/h1-13,24H,14H2,(H,22,23). The quantitative estimate of drug-likeness (QED) is 0.458. The van der Waals surface area contributed by atoms with E-state index in [1.165, 1.54) is 22.7 Å². The Labute approximate surface area is 169 Å². The van der Waals surface area contributed by atoms with Gasteiger partial charge in [0.05, 0.1) is 6.54 Å². The van der Waals surface area contributed by atoms with Crippen LogP contribution in [0, 0.1) is 0 Å². The molecule has 1 aromatic carbocycles. The number of hydrogen-bond donors (Lipinski definition) is 2. The van der Waals surface area contributed by atoms with Gasteiger partial charge in [0, 0.05) is 16.0 Å². The Kier molecular flexibility index (Phi) is 5.22. The third-order valence-electron chi connectivity index (χ3n) is 4.43. The van der Waals surface area contributed by atoms with Crippen molar-refractivity contribution in [2.24, 2.45) is 0 Å². The lowest BCUT2D eigenvalue weighted by Crippen LogP contribution is -2.40. The van der Waals surface area contributed by atoms with Gasteiger partial charge < -0.3 is 10.4 Å². The first-order valence-electron chi connectivity index (χ1n) is 8.37. The lowest BCUT2D eigenvalue weighted by atomic mass is 9.94. The fourth-order valence-electron chi connectivity index (χ4n) is 2.90. The molecule has 0 radical (unpaired) electrons. The first kappa shape index (κ1) is 18.1. The Balaban J connectivity index is 1.50. The van der Waals surface area contributed by atoms with Crippen LogP contribution in [0.4, 0.5) is 0 Å². The van der Waals surface area contributed by atoms with Crippen LogP contribution in [0.25, 0.3) is 11.1 Å². The maximum atomic E-state index is 12.6. The Morgan fingerprint density at radius 3 is 2.33 bits per heavy atom. The summed E-state index contributed by atoms with van der Waals surface area (Å²) in [6, 6.07) is 15.3. The molecule has 1 unspecified atom stereocenters. The predicted molar refractivity (Wildman–Crippen MR) is 114 cm³/mol. The molecule has 1 amide bonds. The Morgan fingerprint density at radius 2 is 1.70 bits per heavy atom. The molecule has 27 heavy (non-hydrogen) atoms. The highest BCUT2D eigenvalue weighted by Gasteiger charge is 2.33. The number of nitrogens with one attached hydrogen (secondary N) is 1. The van der Waals surface area contributed by atoms with Crippen molar-refractivity contribution in [1.82, 2.24) is 5.32 Å². The third kappa shape index (κ3) is 3.75. The van der Waals surface area contributed by atoms with Gasteiger partial charge in [0.15, 0.2) is 0 Å². The van der Waals surface area contributed by atoms with E-state index in [-0.39, 0.29) is 12.5 Å². The van der Waals surface area contributed by atoms with Crippen molar-refractivity contribution in [3.8, 4) is 11.1 Å². The van der Waals surface area contributed by atoms with E-state index in [1.807, 2.05) is 64.0 Å². The first-order chi connectivity index (χ1) is 13.2. The van der Waals surface area contributed by atoms with Gasteiger partial charge in [0.1, 0.15) is 5.60 Å². The minimum Gasteiger partial charge on any atom is -0.378 e. The van der Waals surface area contributed by atoms with Crippen LogP contribution in [0.1, 0.15) is 20.8 Å². The van der Waals surface area contributed by atoms with E-state index < -0.39 is 5.60 Å². The summed E-state index contributed by atoms with van der Waals surface area (Å²) in [4.78, 5) is 13.4. The number of aliphatic hydroxyl groups is 1. The first-order valence-corrected chi connectivity index (χ1v) is 11.1. The van der Waals surface area contributed by atoms with E-state index in [2.05, 4.69) is 16.8 Å². The molecule has 0 aliphatic carbocycles. The fraction of sp³-hybridized carbons (Fsp3) is 0.0952. The topological polar surface area (TPSA) is 49.3 Å². The second kappa shape index (κ2) is 7.78. The molecule has 0 aliphatic rings. The van der Waals surface area contributed by atoms with Gasteiger partial charge in [-0.2, -0.15) is 22.7 Å². The molecule has 0 spiro atoms. The Hall–Kier alpha value is -2.25. The highest BCUT2D eigenvalue weighted by molar-refractivity contribution is 7.10. The van der Waals surface area contributed by atoms with Crippen LogP contribution in [-0.2, 0) is 5.60 Å². The largest absolute Gasteiger partial charge is 0.378 e. The summed E-state index contributed by atoms with van der Waals surface area (Å²) < 4.78 is 0. The SMILES string of the molecule is O=C(NCC(O)(c1ccsc1)c1cccs1)c1ccc(-c2ccsc2)cc1. The Bertz CT molecular complexity index is 954. The average molecular weight is 412 g/mol. The number of rotatable bonds is 6. The van der Waals surface area contributed by atoms with Gasteiger partial charge in [-0.1, -0.05) is 18.2 Å². The molecule has 6 heteroatoms. The summed E-state index contributed by atoms with van der Waals surface area (Å²) in [6.07, 6.45) is 0. The Morgan fingerprint density at radius 1 is 0.926 bits per heavy atom. The number of carbonyl (C=O) groups excluding carboxylic acids is 1. The molecular formula is C21H17NO2S3. The van der Waals surface area contributed by atoms with Crippen LogP contribution in [0.3, 0.4) is 0 Å². The van der Waals surface area contributed by atoms with Crippen molar-refractivity contribution in [2.45, 2.75) is 5.60 Å². The second-order valence-electron chi connectivity index (χ2n) is 6.12. The van der Waals surface area contributed by atoms with Gasteiger partial charge in [-0.25, -0.2) is 0 Å². The highest BCUT2D eigenvalue weighted by atomic mass is 32.1. The van der Waals surface area contributed by atoms with Gasteiger partial charge in [-0.3, -0.25) is 4.79 Å². The zero-order chi connectivity index (χ0) is 18.7. The zero-order valence-corrected chi connectivity index (χ0v) is 16.7. The number of amides is 1. The number of carbonyl (C=O) groups is 1. The number of hydrogen-bond acceptors (Lipinski definition) is 5. The summed E-state index contributed by atoms with van der Waals surface area (Å²) in [7, 11) is 0. The maximum absolute atomic E-state index is 12.6. The molecule has 0 bridgehead atoms. The van der Waals surface area contributed by atoms with E-state index in [0.29, 0.717) is 5.56 Å². The van der Waals surface area contributed by atoms with E-state index in [4.69, 9.17) is 0 Å². The van der Waals surface area contributed by atoms with Crippen molar-refractivity contribution >= 4 is 39.9 Å². The van der Waals surface area contributed by atoms with E-state index in [0.717, 1.165) is 21.6 Å². The summed E-state index contributed by atoms with van der Waals surface area (Å²) in [5, 5.41) is 24.1. The normalized spacial score (nSPS) is 13.2. The van der Waals surface area contributed by atoms with Crippen molar-refractivity contribution in [1.29, 1.82) is 0 Å². The minimum absolute atomic E-state index is 0.120. The molecule has 0 saturated heterocycles. The van der Waals surface area contributed by atoms with Gasteiger partial charge in [-0.15, -0.1) is 11.3 Å². The second-order valence-corrected chi connectivity index (χ2v) is 8.63. The van der Waals surface area contributed by atoms with Crippen LogP contribution >= 0.6 is 34.0 Å². The molecule has 3 heterocycles. The van der Waals surface area contributed by atoms with Gasteiger partial charge in [0.25, 0.3) is 5.91 Å². The molecule has 0 saturated carbocycles. The smallest absolute Gasteiger partial charge is 0.251 e. The van der Waals surface area contributed by atoms with E-state index in [9.17, 15) is 9.90 Å². The van der Waals surface area contributed by atoms with Crippen LogP contribution in [0.5, 0.6) is 0 Å². The van der Waals surface area contributed by atoms with E-state index in [1.54, 1.807) is 11.3 Å². The zero-order valence-electron chi connectivity index (χ0n) is 14.3. The number of benzene rings is 1. The summed E-state index contributed by atoms with van der Waals surface area (Å²) in [5.74, 6) is -0.197. The van der Waals surface area contributed by atoms with Crippen molar-refractivity contribution in [2.75, 3.05) is 6.54 Å². The third-order valence-corrected chi connectivity index (χ3v) is 6.82. The monoisotopic (exact) mass is 411 g/mol. The highest BCUT2D eigenvalue weighted by Crippen LogP contribution is 2.33. The average Bonchev–Trinajstić information content (AvgIpc) is 3.47. The lowest BCUT2D eigenvalue weighted by Gasteiger charge is -2.27. The van der Waals surface area contributed by atoms with Gasteiger partial charge >= 0.3 is 0 Å². The van der Waals surface area contributed by atoms with E-state index >= 15 is 0 Å². The molecule has 4 rings (SSSR count). The summed E-state index contributed by atoms with van der Waals surface area (Å²) in [5.41, 5.74) is 2.38. The molecule has 3 nitrogen and oxygen atoms in total. The molecule has 3 aromatic heterocycles. The van der Waals surface area contributed by atoms with Crippen LogP contribution in [-0.4, -0.2) is 17.6 Å².